The fourth-order valence-electron chi connectivity index (χ4n) is 2.31. The molecule has 0 heterocycles. The summed E-state index contributed by atoms with van der Waals surface area (Å²) >= 11 is 0. The number of carboxylic acids is 1. The maximum atomic E-state index is 9.00. The summed E-state index contributed by atoms with van der Waals surface area (Å²) in [7, 11) is 0. The van der Waals surface area contributed by atoms with Gasteiger partial charge in [0.25, 0.3) is 5.97 Å². The largest absolute Gasteiger partial charge is 0.481 e. The predicted octanol–water partition coefficient (Wildman–Crippen LogP) is 7.13. The molecular weight excluding hydrogens is 272 g/mol. The highest BCUT2D eigenvalue weighted by Crippen LogP contribution is 2.11. The third-order valence-corrected chi connectivity index (χ3v) is 3.62. The molecule has 2 heteroatoms. The van der Waals surface area contributed by atoms with E-state index < -0.39 is 5.97 Å². The molecular formula is C20H40O2. The van der Waals surface area contributed by atoms with Gasteiger partial charge in [-0.3, -0.25) is 4.79 Å². The Balaban J connectivity index is 0. The summed E-state index contributed by atoms with van der Waals surface area (Å²) in [6.07, 6.45) is 24.5. The number of hydrogen-bond acceptors (Lipinski definition) is 1. The highest BCUT2D eigenvalue weighted by molar-refractivity contribution is 5.62. The quantitative estimate of drug-likeness (QED) is 0.273. The molecule has 0 saturated carbocycles. The van der Waals surface area contributed by atoms with Crippen molar-refractivity contribution in [1.29, 1.82) is 0 Å². The average molecular weight is 313 g/mol. The van der Waals surface area contributed by atoms with Crippen molar-refractivity contribution in [2.75, 3.05) is 0 Å². The summed E-state index contributed by atoms with van der Waals surface area (Å²) in [4.78, 5) is 9.00. The first-order valence-corrected chi connectivity index (χ1v) is 9.49. The first-order valence-electron chi connectivity index (χ1n) is 9.49. The molecule has 0 atom stereocenters. The average Bonchev–Trinajstić information content (AvgIpc) is 2.47. The second kappa shape index (κ2) is 22.5. The van der Waals surface area contributed by atoms with E-state index in [2.05, 4.69) is 26.0 Å². The zero-order chi connectivity index (χ0) is 16.9. The second-order valence-corrected chi connectivity index (χ2v) is 6.10. The summed E-state index contributed by atoms with van der Waals surface area (Å²) in [6.45, 7) is 5.63. The number of rotatable bonds is 14. The fraction of sp³-hybridized carbons (Fsp3) is 0.850. The molecule has 0 aromatic carbocycles. The van der Waals surface area contributed by atoms with E-state index in [9.17, 15) is 0 Å². The molecule has 0 aliphatic carbocycles. The van der Waals surface area contributed by atoms with Gasteiger partial charge in [-0.05, 0) is 19.3 Å². The highest BCUT2D eigenvalue weighted by atomic mass is 16.4. The van der Waals surface area contributed by atoms with Crippen LogP contribution in [0.2, 0.25) is 0 Å². The number of aliphatic carboxylic acids is 1. The molecule has 0 aromatic rings. The van der Waals surface area contributed by atoms with Gasteiger partial charge in [0, 0.05) is 6.92 Å². The van der Waals surface area contributed by atoms with E-state index >= 15 is 0 Å². The maximum absolute atomic E-state index is 9.00. The van der Waals surface area contributed by atoms with Gasteiger partial charge in [-0.2, -0.15) is 0 Å². The molecule has 0 unspecified atom stereocenters. The Kier molecular flexibility index (Phi) is 24.0. The summed E-state index contributed by atoms with van der Waals surface area (Å²) < 4.78 is 0. The molecule has 0 bridgehead atoms. The fourth-order valence-corrected chi connectivity index (χ4v) is 2.31. The van der Waals surface area contributed by atoms with E-state index in [1.807, 2.05) is 0 Å². The lowest BCUT2D eigenvalue weighted by Crippen LogP contribution is -1.81. The van der Waals surface area contributed by atoms with Gasteiger partial charge < -0.3 is 5.11 Å². The van der Waals surface area contributed by atoms with Crippen LogP contribution in [0.15, 0.2) is 12.2 Å². The summed E-state index contributed by atoms with van der Waals surface area (Å²) in [5.41, 5.74) is 0. The molecule has 0 amide bonds. The molecule has 0 aliphatic rings. The minimum absolute atomic E-state index is 0.833. The summed E-state index contributed by atoms with van der Waals surface area (Å²) in [5, 5.41) is 7.42. The molecule has 132 valence electrons. The smallest absolute Gasteiger partial charge is 0.300 e. The van der Waals surface area contributed by atoms with Crippen LogP contribution in [0.3, 0.4) is 0 Å². The van der Waals surface area contributed by atoms with Gasteiger partial charge >= 0.3 is 0 Å². The maximum Gasteiger partial charge on any atom is 0.300 e. The van der Waals surface area contributed by atoms with Gasteiger partial charge in [-0.15, -0.1) is 0 Å². The van der Waals surface area contributed by atoms with Crippen LogP contribution >= 0.6 is 0 Å². The first-order chi connectivity index (χ1) is 10.6. The third-order valence-electron chi connectivity index (χ3n) is 3.62. The van der Waals surface area contributed by atoms with Crippen molar-refractivity contribution < 1.29 is 9.90 Å². The minimum atomic E-state index is -0.833. The number of carboxylic acid groups (broad SMARTS) is 1. The molecule has 0 radical (unpaired) electrons. The topological polar surface area (TPSA) is 37.3 Å². The molecule has 0 spiro atoms. The van der Waals surface area contributed by atoms with Gasteiger partial charge in [0.1, 0.15) is 0 Å². The lowest BCUT2D eigenvalue weighted by atomic mass is 10.1. The van der Waals surface area contributed by atoms with E-state index in [-0.39, 0.29) is 0 Å². The molecule has 0 aromatic heterocycles. The van der Waals surface area contributed by atoms with E-state index in [4.69, 9.17) is 9.90 Å². The van der Waals surface area contributed by atoms with Crippen LogP contribution in [0.5, 0.6) is 0 Å². The molecule has 0 aliphatic heterocycles. The van der Waals surface area contributed by atoms with Crippen LogP contribution in [-0.2, 0) is 4.79 Å². The lowest BCUT2D eigenvalue weighted by molar-refractivity contribution is -0.134. The number of unbranched alkanes of at least 4 members (excludes halogenated alkanes) is 12. The molecule has 0 rings (SSSR count). The SMILES string of the molecule is CC(=O)O.CCCCC=CCCCCCCCCCCCC. The van der Waals surface area contributed by atoms with Crippen LogP contribution in [0.1, 0.15) is 111 Å². The predicted molar refractivity (Wildman–Crippen MR) is 98.4 cm³/mol. The zero-order valence-corrected chi connectivity index (χ0v) is 15.4. The van der Waals surface area contributed by atoms with Crippen LogP contribution in [0.25, 0.3) is 0 Å². The van der Waals surface area contributed by atoms with Gasteiger partial charge in [0.15, 0.2) is 0 Å². The number of carbonyl (C=O) groups is 1. The van der Waals surface area contributed by atoms with E-state index in [0.29, 0.717) is 0 Å². The second-order valence-electron chi connectivity index (χ2n) is 6.10. The van der Waals surface area contributed by atoms with Crippen molar-refractivity contribution in [2.24, 2.45) is 0 Å². The zero-order valence-electron chi connectivity index (χ0n) is 15.4. The van der Waals surface area contributed by atoms with Gasteiger partial charge in [-0.1, -0.05) is 96.6 Å². The third kappa shape index (κ3) is 31.5. The van der Waals surface area contributed by atoms with Crippen LogP contribution < -0.4 is 0 Å². The Labute approximate surface area is 139 Å². The first kappa shape index (κ1) is 23.5. The molecule has 2 nitrogen and oxygen atoms in total. The van der Waals surface area contributed by atoms with Crippen molar-refractivity contribution in [3.63, 3.8) is 0 Å². The van der Waals surface area contributed by atoms with Crippen LogP contribution in [0, 0.1) is 0 Å². The van der Waals surface area contributed by atoms with Crippen LogP contribution in [0.4, 0.5) is 0 Å². The Morgan fingerprint density at radius 1 is 0.682 bits per heavy atom. The van der Waals surface area contributed by atoms with Crippen molar-refractivity contribution in [3.8, 4) is 0 Å². The standard InChI is InChI=1S/C18H36.C2H4O2/c1-3-5-7-9-11-13-15-17-18-16-14-12-10-8-6-4-2;1-2(3)4/h9,11H,3-8,10,12-18H2,1-2H3;1H3,(H,3,4). The van der Waals surface area contributed by atoms with Gasteiger partial charge in [0.05, 0.1) is 0 Å². The number of hydrogen-bond donors (Lipinski definition) is 1. The van der Waals surface area contributed by atoms with Crippen molar-refractivity contribution in [2.45, 2.75) is 111 Å². The number of allylic oxidation sites excluding steroid dienone is 2. The Morgan fingerprint density at radius 2 is 1.00 bits per heavy atom. The van der Waals surface area contributed by atoms with E-state index in [0.717, 1.165) is 6.92 Å². The Morgan fingerprint density at radius 3 is 1.41 bits per heavy atom. The normalized spacial score (nSPS) is 10.5. The summed E-state index contributed by atoms with van der Waals surface area (Å²) in [6, 6.07) is 0. The van der Waals surface area contributed by atoms with E-state index in [1.165, 1.54) is 89.9 Å². The Hall–Kier alpha value is -0.790. The molecule has 1 N–H and O–H groups in total. The highest BCUT2D eigenvalue weighted by Gasteiger charge is 1.91. The molecule has 22 heavy (non-hydrogen) atoms. The van der Waals surface area contributed by atoms with Gasteiger partial charge in [0.2, 0.25) is 0 Å². The Bertz CT molecular complexity index is 230. The van der Waals surface area contributed by atoms with Crippen molar-refractivity contribution in [1.82, 2.24) is 0 Å². The lowest BCUT2D eigenvalue weighted by Gasteiger charge is -2.01. The monoisotopic (exact) mass is 312 g/mol. The van der Waals surface area contributed by atoms with Crippen LogP contribution in [-0.4, -0.2) is 11.1 Å². The van der Waals surface area contributed by atoms with Crippen molar-refractivity contribution >= 4 is 5.97 Å². The van der Waals surface area contributed by atoms with Crippen molar-refractivity contribution in [3.05, 3.63) is 12.2 Å². The van der Waals surface area contributed by atoms with Gasteiger partial charge in [-0.25, -0.2) is 0 Å². The molecule has 0 saturated heterocycles. The minimum Gasteiger partial charge on any atom is -0.481 e. The molecule has 0 fully saturated rings. The summed E-state index contributed by atoms with van der Waals surface area (Å²) in [5.74, 6) is -0.833. The van der Waals surface area contributed by atoms with E-state index in [1.54, 1.807) is 0 Å².